The monoisotopic (exact) mass is 251 g/mol. The van der Waals surface area contributed by atoms with Crippen LogP contribution in [0.5, 0.6) is 0 Å². The number of nitrogens with zero attached hydrogens (tertiary/aromatic N) is 2. The van der Waals surface area contributed by atoms with E-state index in [1.807, 2.05) is 0 Å². The summed E-state index contributed by atoms with van der Waals surface area (Å²) in [6.07, 6.45) is 6.61. The average Bonchev–Trinajstić information content (AvgIpc) is 3.07. The third-order valence-corrected chi connectivity index (χ3v) is 4.60. The Bertz CT molecular complexity index is 380. The average molecular weight is 251 g/mol. The maximum Gasteiger partial charge on any atom is 0.223 e. The molecule has 0 unspecified atom stereocenters. The van der Waals surface area contributed by atoms with Gasteiger partial charge in [0.15, 0.2) is 0 Å². The van der Waals surface area contributed by atoms with E-state index in [2.05, 4.69) is 15.5 Å². The van der Waals surface area contributed by atoms with Crippen molar-refractivity contribution in [1.29, 1.82) is 0 Å². The Morgan fingerprint density at radius 2 is 2.00 bits per heavy atom. The molecule has 4 nitrogen and oxygen atoms in total. The lowest BCUT2D eigenvalue weighted by Crippen LogP contribution is -2.38. The molecule has 92 valence electrons. The number of hydrogen-bond donors (Lipinski definition) is 1. The SMILES string of the molecule is O=C(N[C@H]1CC[C@@H](c2nncs2)CC1)C1CC1. The minimum absolute atomic E-state index is 0.282. The zero-order valence-electron chi connectivity index (χ0n) is 9.76. The van der Waals surface area contributed by atoms with Crippen LogP contribution in [0.2, 0.25) is 0 Å². The molecule has 2 aliphatic carbocycles. The van der Waals surface area contributed by atoms with Crippen molar-refractivity contribution in [1.82, 2.24) is 15.5 Å². The van der Waals surface area contributed by atoms with Crippen molar-refractivity contribution in [2.75, 3.05) is 0 Å². The summed E-state index contributed by atoms with van der Waals surface area (Å²) in [6.45, 7) is 0. The van der Waals surface area contributed by atoms with E-state index in [4.69, 9.17) is 0 Å². The lowest BCUT2D eigenvalue weighted by molar-refractivity contribution is -0.123. The second-order valence-corrected chi connectivity index (χ2v) is 5.97. The number of carbonyl (C=O) groups is 1. The van der Waals surface area contributed by atoms with Gasteiger partial charge in [-0.25, -0.2) is 0 Å². The molecule has 1 N–H and O–H groups in total. The van der Waals surface area contributed by atoms with Crippen molar-refractivity contribution in [2.45, 2.75) is 50.5 Å². The Hall–Kier alpha value is -0.970. The highest BCUT2D eigenvalue weighted by Gasteiger charge is 2.32. The molecule has 0 aromatic carbocycles. The lowest BCUT2D eigenvalue weighted by atomic mass is 9.86. The van der Waals surface area contributed by atoms with Gasteiger partial charge in [-0.15, -0.1) is 21.5 Å². The van der Waals surface area contributed by atoms with Gasteiger partial charge in [-0.3, -0.25) is 4.79 Å². The van der Waals surface area contributed by atoms with E-state index in [-0.39, 0.29) is 5.91 Å². The second-order valence-electron chi connectivity index (χ2n) is 5.11. The van der Waals surface area contributed by atoms with Crippen molar-refractivity contribution in [3.8, 4) is 0 Å². The summed E-state index contributed by atoms with van der Waals surface area (Å²) in [4.78, 5) is 11.7. The molecule has 0 radical (unpaired) electrons. The van der Waals surface area contributed by atoms with E-state index < -0.39 is 0 Å². The maximum atomic E-state index is 11.7. The predicted molar refractivity (Wildman–Crippen MR) is 65.8 cm³/mol. The molecule has 2 aliphatic rings. The van der Waals surface area contributed by atoms with Crippen LogP contribution in [0.4, 0.5) is 0 Å². The normalized spacial score (nSPS) is 28.9. The highest BCUT2D eigenvalue weighted by molar-refractivity contribution is 7.09. The number of hydrogen-bond acceptors (Lipinski definition) is 4. The van der Waals surface area contributed by atoms with Crippen molar-refractivity contribution < 1.29 is 4.79 Å². The standard InChI is InChI=1S/C12H17N3OS/c16-11(8-1-2-8)14-10-5-3-9(4-6-10)12-15-13-7-17-12/h7-10H,1-6H2,(H,14,16)/t9-,10+. The van der Waals surface area contributed by atoms with Crippen LogP contribution in [0.3, 0.4) is 0 Å². The van der Waals surface area contributed by atoms with Crippen LogP contribution in [-0.2, 0) is 4.79 Å². The molecular formula is C12H17N3OS. The molecule has 1 amide bonds. The summed E-state index contributed by atoms with van der Waals surface area (Å²) in [7, 11) is 0. The fraction of sp³-hybridized carbons (Fsp3) is 0.750. The molecule has 5 heteroatoms. The molecule has 17 heavy (non-hydrogen) atoms. The lowest BCUT2D eigenvalue weighted by Gasteiger charge is -2.27. The maximum absolute atomic E-state index is 11.7. The van der Waals surface area contributed by atoms with Crippen LogP contribution in [0.15, 0.2) is 5.51 Å². The summed E-state index contributed by atoms with van der Waals surface area (Å²) in [6, 6.07) is 0.396. The van der Waals surface area contributed by atoms with Crippen molar-refractivity contribution in [3.63, 3.8) is 0 Å². The van der Waals surface area contributed by atoms with Crippen LogP contribution in [0.1, 0.15) is 49.5 Å². The first-order valence-corrected chi connectivity index (χ1v) is 7.27. The van der Waals surface area contributed by atoms with E-state index >= 15 is 0 Å². The molecule has 2 fully saturated rings. The zero-order chi connectivity index (χ0) is 11.7. The molecule has 0 bridgehead atoms. The summed E-state index contributed by atoms with van der Waals surface area (Å²) in [5, 5.41) is 12.4. The number of rotatable bonds is 3. The van der Waals surface area contributed by atoms with Gasteiger partial charge in [0, 0.05) is 17.9 Å². The Morgan fingerprint density at radius 3 is 2.59 bits per heavy atom. The van der Waals surface area contributed by atoms with Crippen LogP contribution in [0, 0.1) is 5.92 Å². The summed E-state index contributed by atoms with van der Waals surface area (Å²) >= 11 is 1.65. The highest BCUT2D eigenvalue weighted by atomic mass is 32.1. The van der Waals surface area contributed by atoms with Crippen LogP contribution >= 0.6 is 11.3 Å². The van der Waals surface area contributed by atoms with E-state index in [1.54, 1.807) is 16.8 Å². The number of amides is 1. The highest BCUT2D eigenvalue weighted by Crippen LogP contribution is 2.34. The smallest absolute Gasteiger partial charge is 0.223 e. The molecule has 0 aliphatic heterocycles. The first-order chi connectivity index (χ1) is 8.33. The van der Waals surface area contributed by atoms with Crippen molar-refractivity contribution in [3.05, 3.63) is 10.5 Å². The van der Waals surface area contributed by atoms with Crippen LogP contribution in [-0.4, -0.2) is 22.1 Å². The van der Waals surface area contributed by atoms with E-state index in [9.17, 15) is 4.79 Å². The molecule has 0 atom stereocenters. The van der Waals surface area contributed by atoms with E-state index in [0.717, 1.165) is 43.5 Å². The molecule has 1 aromatic heterocycles. The Morgan fingerprint density at radius 1 is 1.24 bits per heavy atom. The van der Waals surface area contributed by atoms with Crippen LogP contribution < -0.4 is 5.32 Å². The van der Waals surface area contributed by atoms with Gasteiger partial charge in [0.2, 0.25) is 5.91 Å². The van der Waals surface area contributed by atoms with Crippen LogP contribution in [0.25, 0.3) is 0 Å². The van der Waals surface area contributed by atoms with E-state index in [0.29, 0.717) is 17.9 Å². The minimum atomic E-state index is 0.282. The third-order valence-electron chi connectivity index (χ3n) is 3.75. The van der Waals surface area contributed by atoms with E-state index in [1.165, 1.54) is 0 Å². The van der Waals surface area contributed by atoms with Gasteiger partial charge in [-0.2, -0.15) is 0 Å². The Labute approximate surface area is 105 Å². The zero-order valence-corrected chi connectivity index (χ0v) is 10.6. The minimum Gasteiger partial charge on any atom is -0.353 e. The summed E-state index contributed by atoms with van der Waals surface area (Å²) in [5.74, 6) is 1.18. The van der Waals surface area contributed by atoms with Crippen molar-refractivity contribution in [2.24, 2.45) is 5.92 Å². The molecule has 3 rings (SSSR count). The quantitative estimate of drug-likeness (QED) is 0.895. The largest absolute Gasteiger partial charge is 0.353 e. The fourth-order valence-electron chi connectivity index (χ4n) is 2.51. The first-order valence-electron chi connectivity index (χ1n) is 6.39. The van der Waals surface area contributed by atoms with Gasteiger partial charge in [-0.1, -0.05) is 0 Å². The second kappa shape index (κ2) is 4.72. The first kappa shape index (κ1) is 11.1. The molecule has 0 saturated heterocycles. The topological polar surface area (TPSA) is 54.9 Å². The van der Waals surface area contributed by atoms with Gasteiger partial charge >= 0.3 is 0 Å². The molecule has 2 saturated carbocycles. The van der Waals surface area contributed by atoms with Gasteiger partial charge in [-0.05, 0) is 38.5 Å². The third kappa shape index (κ3) is 2.65. The van der Waals surface area contributed by atoms with Crippen molar-refractivity contribution >= 4 is 17.2 Å². The van der Waals surface area contributed by atoms with Gasteiger partial charge in [0.25, 0.3) is 0 Å². The number of carbonyl (C=O) groups excluding carboxylic acids is 1. The molecular weight excluding hydrogens is 234 g/mol. The fourth-order valence-corrected chi connectivity index (χ4v) is 3.23. The summed E-state index contributed by atoms with van der Waals surface area (Å²) < 4.78 is 0. The molecule has 0 spiro atoms. The van der Waals surface area contributed by atoms with Gasteiger partial charge in [0.1, 0.15) is 10.5 Å². The predicted octanol–water partition coefficient (Wildman–Crippen LogP) is 2.09. The molecule has 1 heterocycles. The number of nitrogens with one attached hydrogen (secondary N) is 1. The summed E-state index contributed by atoms with van der Waals surface area (Å²) in [5.41, 5.74) is 1.80. The number of aromatic nitrogens is 2. The Balaban J connectivity index is 1.48. The van der Waals surface area contributed by atoms with Gasteiger partial charge in [0.05, 0.1) is 0 Å². The van der Waals surface area contributed by atoms with Gasteiger partial charge < -0.3 is 5.32 Å². The molecule has 1 aromatic rings. The Kier molecular flexibility index (Phi) is 3.09.